The molecule has 0 bridgehead atoms. The van der Waals surface area contributed by atoms with E-state index in [0.29, 0.717) is 60.9 Å². The number of aliphatic hydroxyl groups is 1. The Morgan fingerprint density at radius 1 is 0.979 bits per heavy atom. The van der Waals surface area contributed by atoms with Crippen LogP contribution in [0.25, 0.3) is 11.1 Å². The van der Waals surface area contributed by atoms with Crippen molar-refractivity contribution < 1.29 is 45.4 Å². The molecule has 0 spiro atoms. The summed E-state index contributed by atoms with van der Waals surface area (Å²) < 4.78 is 102. The van der Waals surface area contributed by atoms with Gasteiger partial charge in [0, 0.05) is 32.2 Å². The molecule has 0 unspecified atom stereocenters. The number of halogens is 8. The summed E-state index contributed by atoms with van der Waals surface area (Å²) in [5.41, 5.74) is -3.71. The normalized spacial score (nSPS) is 19.0. The highest BCUT2D eigenvalue weighted by atomic mass is 35.5. The first-order chi connectivity index (χ1) is 21.9. The summed E-state index contributed by atoms with van der Waals surface area (Å²) in [5, 5.41) is 10.3. The van der Waals surface area contributed by atoms with E-state index in [9.17, 15) is 40.6 Å². The van der Waals surface area contributed by atoms with Crippen LogP contribution in [0.5, 0.6) is 0 Å². The number of likely N-dealkylation sites (N-methyl/N-ethyl adjacent to an activating group) is 1. The lowest BCUT2D eigenvalue weighted by Gasteiger charge is -2.48. The Morgan fingerprint density at radius 3 is 2.19 bits per heavy atom. The molecule has 262 valence electrons. The number of rotatable bonds is 6. The van der Waals surface area contributed by atoms with E-state index >= 15 is 0 Å². The van der Waals surface area contributed by atoms with Crippen molar-refractivity contribution in [2.24, 2.45) is 0 Å². The third-order valence-electron chi connectivity index (χ3n) is 9.01. The number of ether oxygens (including phenoxy) is 1. The highest BCUT2D eigenvalue weighted by molar-refractivity contribution is 6.03. The minimum atomic E-state index is -5.09. The van der Waals surface area contributed by atoms with Crippen molar-refractivity contribution in [1.82, 2.24) is 9.88 Å². The number of benzene rings is 2. The van der Waals surface area contributed by atoms with Gasteiger partial charge in [-0.25, -0.2) is 9.37 Å². The summed E-state index contributed by atoms with van der Waals surface area (Å²) in [6.07, 6.45) is -8.78. The monoisotopic (exact) mass is 704 g/mol. The van der Waals surface area contributed by atoms with Crippen molar-refractivity contribution in [1.29, 1.82) is 0 Å². The number of aromatic nitrogens is 1. The van der Waals surface area contributed by atoms with Gasteiger partial charge in [-0.3, -0.25) is 9.69 Å². The number of amides is 1. The molecule has 2 saturated heterocycles. The second-order valence-corrected chi connectivity index (χ2v) is 12.5. The average molecular weight is 705 g/mol. The standard InChI is InChI=1S/C33H35F7N4O3.ClH/c1-19-9-23(34)5-6-26(19)27-13-29(44-16-25-18-47-8-7-43(25)15-24(44)17-45)41-14-28(27)42(4)30(46)31(2,3)20-10-21(32(35,36)37)12-22(11-20)33(38,39)40;/h5-6,9-14,24-25,45H,7-8,15-18H2,1-4H3;1H/t24-,25-;/m0./s1. The molecule has 48 heavy (non-hydrogen) atoms. The van der Waals surface area contributed by atoms with E-state index in [2.05, 4.69) is 9.88 Å². The molecule has 2 aliphatic rings. The van der Waals surface area contributed by atoms with E-state index < -0.39 is 46.2 Å². The molecule has 1 aromatic heterocycles. The van der Waals surface area contributed by atoms with Gasteiger partial charge in [-0.05, 0) is 73.9 Å². The van der Waals surface area contributed by atoms with Crippen LogP contribution in [0.1, 0.15) is 36.1 Å². The number of alkyl halides is 6. The van der Waals surface area contributed by atoms with Crippen molar-refractivity contribution in [2.75, 3.05) is 56.3 Å². The lowest BCUT2D eigenvalue weighted by Crippen LogP contribution is -2.63. The highest BCUT2D eigenvalue weighted by Gasteiger charge is 2.42. The number of hydrogen-bond donors (Lipinski definition) is 1. The molecule has 1 N–H and O–H groups in total. The molecule has 5 rings (SSSR count). The highest BCUT2D eigenvalue weighted by Crippen LogP contribution is 2.41. The Labute approximate surface area is 279 Å². The predicted molar refractivity (Wildman–Crippen MR) is 169 cm³/mol. The van der Waals surface area contributed by atoms with Crippen LogP contribution in [0.4, 0.5) is 42.2 Å². The number of aryl methyl sites for hydroxylation is 1. The zero-order valence-electron chi connectivity index (χ0n) is 26.6. The van der Waals surface area contributed by atoms with E-state index in [1.54, 1.807) is 13.0 Å². The minimum Gasteiger partial charge on any atom is -0.394 e. The summed E-state index contributed by atoms with van der Waals surface area (Å²) in [4.78, 5) is 24.0. The summed E-state index contributed by atoms with van der Waals surface area (Å²) in [5.74, 6) is -0.835. The average Bonchev–Trinajstić information content (AvgIpc) is 3.02. The van der Waals surface area contributed by atoms with Gasteiger partial charge in [0.25, 0.3) is 0 Å². The fourth-order valence-electron chi connectivity index (χ4n) is 6.25. The zero-order chi connectivity index (χ0) is 34.5. The molecular formula is C33H36ClF7N4O3. The Morgan fingerprint density at radius 2 is 1.60 bits per heavy atom. The Balaban J connectivity index is 0.00000520. The van der Waals surface area contributed by atoms with Gasteiger partial charge in [0.15, 0.2) is 0 Å². The molecule has 3 heterocycles. The number of carbonyl (C=O) groups is 1. The number of hydrogen-bond acceptors (Lipinski definition) is 6. The number of fused-ring (bicyclic) bond motifs is 1. The minimum absolute atomic E-state index is 0. The van der Waals surface area contributed by atoms with Crippen LogP contribution in [0.15, 0.2) is 48.7 Å². The third-order valence-corrected chi connectivity index (χ3v) is 9.01. The van der Waals surface area contributed by atoms with Crippen LogP contribution < -0.4 is 9.80 Å². The lowest BCUT2D eigenvalue weighted by molar-refractivity contribution is -0.143. The fraction of sp³-hybridized carbons (Fsp3) is 0.455. The van der Waals surface area contributed by atoms with E-state index in [1.807, 2.05) is 4.90 Å². The number of anilines is 2. The Hall–Kier alpha value is -3.46. The SMILES string of the molecule is Cc1cc(F)ccc1-c1cc(N2C[C@H]3COCCN3C[C@H]2CO)ncc1N(C)C(=O)C(C)(C)c1cc(C(F)(F)F)cc(C(F)(F)F)c1.Cl. The first-order valence-electron chi connectivity index (χ1n) is 15.0. The maximum Gasteiger partial charge on any atom is 0.416 e. The maximum atomic E-state index is 14.2. The molecule has 7 nitrogen and oxygen atoms in total. The van der Waals surface area contributed by atoms with Crippen LogP contribution >= 0.6 is 12.4 Å². The summed E-state index contributed by atoms with van der Waals surface area (Å²) in [6, 6.07) is 6.62. The van der Waals surface area contributed by atoms with Crippen molar-refractivity contribution in [3.8, 4) is 11.1 Å². The molecule has 1 amide bonds. The molecule has 2 aliphatic heterocycles. The first kappa shape index (κ1) is 37.4. The van der Waals surface area contributed by atoms with Crippen molar-refractivity contribution in [2.45, 2.75) is 50.6 Å². The van der Waals surface area contributed by atoms with E-state index in [0.717, 1.165) is 11.4 Å². The third kappa shape index (κ3) is 7.41. The quantitative estimate of drug-likeness (QED) is 0.297. The maximum absolute atomic E-state index is 14.2. The molecule has 15 heteroatoms. The van der Waals surface area contributed by atoms with Crippen molar-refractivity contribution in [3.63, 3.8) is 0 Å². The largest absolute Gasteiger partial charge is 0.416 e. The Kier molecular flexibility index (Phi) is 10.7. The number of pyridine rings is 1. The van der Waals surface area contributed by atoms with Crippen LogP contribution in [0, 0.1) is 12.7 Å². The molecule has 2 fully saturated rings. The Bertz CT molecular complexity index is 1620. The van der Waals surface area contributed by atoms with E-state index in [4.69, 9.17) is 4.74 Å². The van der Waals surface area contributed by atoms with Gasteiger partial charge in [-0.15, -0.1) is 12.4 Å². The van der Waals surface area contributed by atoms with Gasteiger partial charge < -0.3 is 19.6 Å². The zero-order valence-corrected chi connectivity index (χ0v) is 27.4. The summed E-state index contributed by atoms with van der Waals surface area (Å²) >= 11 is 0. The molecule has 2 aromatic carbocycles. The number of aliphatic hydroxyl groups excluding tert-OH is 1. The number of carbonyl (C=O) groups excluding carboxylic acids is 1. The van der Waals surface area contributed by atoms with E-state index in [1.165, 1.54) is 45.3 Å². The molecule has 3 aromatic rings. The molecular weight excluding hydrogens is 669 g/mol. The van der Waals surface area contributed by atoms with Crippen LogP contribution in [0.2, 0.25) is 0 Å². The van der Waals surface area contributed by atoms with Gasteiger partial charge in [0.05, 0.1) is 60.3 Å². The lowest BCUT2D eigenvalue weighted by atomic mass is 9.81. The van der Waals surface area contributed by atoms with Gasteiger partial charge in [-0.2, -0.15) is 26.3 Å². The molecule has 0 aliphatic carbocycles. The number of morpholine rings is 1. The van der Waals surface area contributed by atoms with Crippen LogP contribution in [-0.2, 0) is 27.3 Å². The summed E-state index contributed by atoms with van der Waals surface area (Å²) in [6.45, 7) is 6.86. The predicted octanol–water partition coefficient (Wildman–Crippen LogP) is 6.48. The number of nitrogens with zero attached hydrogens (tertiary/aromatic N) is 4. The van der Waals surface area contributed by atoms with Crippen molar-refractivity contribution in [3.05, 3.63) is 76.7 Å². The van der Waals surface area contributed by atoms with Crippen molar-refractivity contribution >= 4 is 29.8 Å². The molecule has 2 atom stereocenters. The van der Waals surface area contributed by atoms with Crippen LogP contribution in [-0.4, -0.2) is 79.5 Å². The fourth-order valence-corrected chi connectivity index (χ4v) is 6.25. The molecule has 0 radical (unpaired) electrons. The van der Waals surface area contributed by atoms with E-state index in [-0.39, 0.29) is 42.9 Å². The molecule has 0 saturated carbocycles. The number of piperazine rings is 1. The van der Waals surface area contributed by atoms with Crippen LogP contribution in [0.3, 0.4) is 0 Å². The van der Waals surface area contributed by atoms with Gasteiger partial charge in [0.2, 0.25) is 5.91 Å². The second kappa shape index (κ2) is 13.8. The first-order valence-corrected chi connectivity index (χ1v) is 15.0. The second-order valence-electron chi connectivity index (χ2n) is 12.5. The van der Waals surface area contributed by atoms with Gasteiger partial charge >= 0.3 is 12.4 Å². The summed E-state index contributed by atoms with van der Waals surface area (Å²) in [7, 11) is 1.36. The smallest absolute Gasteiger partial charge is 0.394 e. The van der Waals surface area contributed by atoms with Gasteiger partial charge in [-0.1, -0.05) is 6.07 Å². The topological polar surface area (TPSA) is 69.1 Å². The van der Waals surface area contributed by atoms with Gasteiger partial charge in [0.1, 0.15) is 11.6 Å².